The van der Waals surface area contributed by atoms with E-state index in [2.05, 4.69) is 4.98 Å². The van der Waals surface area contributed by atoms with Gasteiger partial charge in [-0.2, -0.15) is 0 Å². The number of benzene rings is 2. The zero-order valence-corrected chi connectivity index (χ0v) is 11.6. The molecule has 21 heavy (non-hydrogen) atoms. The molecule has 0 aliphatic carbocycles. The van der Waals surface area contributed by atoms with Crippen molar-refractivity contribution in [1.82, 2.24) is 9.55 Å². The number of para-hydroxylation sites is 1. The highest BCUT2D eigenvalue weighted by Gasteiger charge is 2.10. The van der Waals surface area contributed by atoms with Crippen LogP contribution in [0.1, 0.15) is 5.82 Å². The Balaban J connectivity index is 1.79. The van der Waals surface area contributed by atoms with Gasteiger partial charge < -0.3 is 20.1 Å². The molecule has 5 nitrogen and oxygen atoms in total. The molecular weight excluding hydrogens is 266 g/mol. The Kier molecular flexibility index (Phi) is 3.75. The maximum absolute atomic E-state index is 9.45. The summed E-state index contributed by atoms with van der Waals surface area (Å²) in [5.74, 6) is 1.45. The summed E-state index contributed by atoms with van der Waals surface area (Å²) >= 11 is 0. The van der Waals surface area contributed by atoms with E-state index in [1.807, 2.05) is 53.1 Å². The van der Waals surface area contributed by atoms with Crippen molar-refractivity contribution in [3.8, 4) is 5.75 Å². The highest BCUT2D eigenvalue weighted by Crippen LogP contribution is 2.19. The van der Waals surface area contributed by atoms with Crippen LogP contribution in [0.25, 0.3) is 11.0 Å². The molecule has 1 heterocycles. The topological polar surface area (TPSA) is 73.3 Å². The number of anilines is 1. The van der Waals surface area contributed by atoms with E-state index < -0.39 is 0 Å². The molecule has 0 unspecified atom stereocenters. The lowest BCUT2D eigenvalue weighted by Gasteiger charge is -2.09. The summed E-state index contributed by atoms with van der Waals surface area (Å²) in [6.07, 6.45) is 0. The third-order valence-electron chi connectivity index (χ3n) is 3.32. The average Bonchev–Trinajstić information content (AvgIpc) is 2.85. The molecule has 0 bridgehead atoms. The van der Waals surface area contributed by atoms with E-state index >= 15 is 0 Å². The number of ether oxygens (including phenoxy) is 1. The summed E-state index contributed by atoms with van der Waals surface area (Å²) in [6.45, 7) is 1.01. The second-order valence-electron chi connectivity index (χ2n) is 4.75. The van der Waals surface area contributed by atoms with Gasteiger partial charge in [0.05, 0.1) is 17.6 Å². The third-order valence-corrected chi connectivity index (χ3v) is 3.32. The van der Waals surface area contributed by atoms with Crippen molar-refractivity contribution in [1.29, 1.82) is 0 Å². The van der Waals surface area contributed by atoms with Gasteiger partial charge in [0, 0.05) is 5.69 Å². The summed E-state index contributed by atoms with van der Waals surface area (Å²) in [4.78, 5) is 4.40. The Hall–Kier alpha value is -2.53. The van der Waals surface area contributed by atoms with Crippen LogP contribution in [0.2, 0.25) is 0 Å². The van der Waals surface area contributed by atoms with E-state index in [4.69, 9.17) is 10.5 Å². The predicted molar refractivity (Wildman–Crippen MR) is 82.0 cm³/mol. The third kappa shape index (κ3) is 2.83. The molecule has 2 aromatic carbocycles. The first-order valence-corrected chi connectivity index (χ1v) is 6.81. The second-order valence-corrected chi connectivity index (χ2v) is 4.75. The number of nitrogens with two attached hydrogens (primary N) is 1. The minimum Gasteiger partial charge on any atom is -0.492 e. The minimum atomic E-state index is -0.111. The standard InChI is InChI=1S/C16H17N3O2/c17-12-6-7-15-14(10-12)18-16(11-20)19(15)8-9-21-13-4-2-1-3-5-13/h1-7,10,20H,8-9,11,17H2. The highest BCUT2D eigenvalue weighted by atomic mass is 16.5. The first kappa shape index (κ1) is 13.5. The monoisotopic (exact) mass is 283 g/mol. The average molecular weight is 283 g/mol. The van der Waals surface area contributed by atoms with E-state index in [1.165, 1.54) is 0 Å². The molecule has 3 rings (SSSR count). The zero-order valence-electron chi connectivity index (χ0n) is 11.6. The molecule has 0 saturated heterocycles. The van der Waals surface area contributed by atoms with Crippen LogP contribution in [0.4, 0.5) is 5.69 Å². The number of nitrogens with zero attached hydrogens (tertiary/aromatic N) is 2. The van der Waals surface area contributed by atoms with Crippen molar-refractivity contribution in [3.63, 3.8) is 0 Å². The quantitative estimate of drug-likeness (QED) is 0.704. The van der Waals surface area contributed by atoms with Gasteiger partial charge in [0.15, 0.2) is 0 Å². The smallest absolute Gasteiger partial charge is 0.135 e. The number of nitrogen functional groups attached to an aromatic ring is 1. The summed E-state index contributed by atoms with van der Waals surface area (Å²) in [7, 11) is 0. The Morgan fingerprint density at radius 1 is 1.14 bits per heavy atom. The van der Waals surface area contributed by atoms with Crippen LogP contribution >= 0.6 is 0 Å². The number of aliphatic hydroxyl groups excluding tert-OH is 1. The molecule has 3 N–H and O–H groups in total. The lowest BCUT2D eigenvalue weighted by atomic mass is 10.3. The number of aliphatic hydroxyl groups is 1. The summed E-state index contributed by atoms with van der Waals surface area (Å²) < 4.78 is 7.65. The fourth-order valence-electron chi connectivity index (χ4n) is 2.34. The van der Waals surface area contributed by atoms with E-state index in [0.29, 0.717) is 24.7 Å². The van der Waals surface area contributed by atoms with Gasteiger partial charge in [0.25, 0.3) is 0 Å². The van der Waals surface area contributed by atoms with Crippen LogP contribution in [0.3, 0.4) is 0 Å². The van der Waals surface area contributed by atoms with Gasteiger partial charge in [-0.05, 0) is 30.3 Å². The van der Waals surface area contributed by atoms with Crippen LogP contribution in [0.5, 0.6) is 5.75 Å². The second kappa shape index (κ2) is 5.85. The van der Waals surface area contributed by atoms with Gasteiger partial charge in [-0.3, -0.25) is 0 Å². The number of imidazole rings is 1. The summed E-state index contributed by atoms with van der Waals surface area (Å²) in [5.41, 5.74) is 8.17. The minimum absolute atomic E-state index is 0.111. The van der Waals surface area contributed by atoms with Gasteiger partial charge in [-0.25, -0.2) is 4.98 Å². The van der Waals surface area contributed by atoms with Crippen molar-refractivity contribution in [2.75, 3.05) is 12.3 Å². The summed E-state index contributed by atoms with van der Waals surface area (Å²) in [5, 5.41) is 9.45. The Bertz CT molecular complexity index is 738. The lowest BCUT2D eigenvalue weighted by molar-refractivity contribution is 0.255. The maximum Gasteiger partial charge on any atom is 0.135 e. The Labute approximate surface area is 122 Å². The zero-order chi connectivity index (χ0) is 14.7. The van der Waals surface area contributed by atoms with Crippen LogP contribution in [-0.4, -0.2) is 21.3 Å². The maximum atomic E-state index is 9.45. The molecule has 0 radical (unpaired) electrons. The summed E-state index contributed by atoms with van der Waals surface area (Å²) in [6, 6.07) is 15.2. The number of aromatic nitrogens is 2. The van der Waals surface area contributed by atoms with E-state index in [9.17, 15) is 5.11 Å². The van der Waals surface area contributed by atoms with Crippen molar-refractivity contribution < 1.29 is 9.84 Å². The van der Waals surface area contributed by atoms with Crippen molar-refractivity contribution >= 4 is 16.7 Å². The molecule has 5 heteroatoms. The van der Waals surface area contributed by atoms with Crippen LogP contribution in [0.15, 0.2) is 48.5 Å². The number of hydrogen-bond donors (Lipinski definition) is 2. The molecule has 0 spiro atoms. The number of hydrogen-bond acceptors (Lipinski definition) is 4. The Morgan fingerprint density at radius 3 is 2.71 bits per heavy atom. The molecule has 0 aliphatic heterocycles. The van der Waals surface area contributed by atoms with Gasteiger partial charge in [-0.1, -0.05) is 18.2 Å². The van der Waals surface area contributed by atoms with Gasteiger partial charge in [0.1, 0.15) is 24.8 Å². The SMILES string of the molecule is Nc1ccc2c(c1)nc(CO)n2CCOc1ccccc1. The fourth-order valence-corrected chi connectivity index (χ4v) is 2.34. The van der Waals surface area contributed by atoms with E-state index in [0.717, 1.165) is 16.8 Å². The molecule has 0 aliphatic rings. The largest absolute Gasteiger partial charge is 0.492 e. The molecule has 108 valence electrons. The van der Waals surface area contributed by atoms with Gasteiger partial charge in [-0.15, -0.1) is 0 Å². The van der Waals surface area contributed by atoms with Crippen LogP contribution < -0.4 is 10.5 Å². The van der Waals surface area contributed by atoms with E-state index in [-0.39, 0.29) is 6.61 Å². The van der Waals surface area contributed by atoms with Crippen molar-refractivity contribution in [2.45, 2.75) is 13.2 Å². The fraction of sp³-hybridized carbons (Fsp3) is 0.188. The molecule has 1 aromatic heterocycles. The molecule has 0 atom stereocenters. The molecule has 0 amide bonds. The molecular formula is C16H17N3O2. The molecule has 3 aromatic rings. The normalized spacial score (nSPS) is 10.9. The van der Waals surface area contributed by atoms with Crippen LogP contribution in [-0.2, 0) is 13.2 Å². The predicted octanol–water partition coefficient (Wildman–Crippen LogP) is 2.19. The first-order valence-electron chi connectivity index (χ1n) is 6.81. The van der Waals surface area contributed by atoms with Crippen LogP contribution in [0, 0.1) is 0 Å². The van der Waals surface area contributed by atoms with Crippen molar-refractivity contribution in [2.24, 2.45) is 0 Å². The molecule has 0 saturated carbocycles. The van der Waals surface area contributed by atoms with Gasteiger partial charge in [0.2, 0.25) is 0 Å². The molecule has 0 fully saturated rings. The highest BCUT2D eigenvalue weighted by molar-refractivity contribution is 5.79. The lowest BCUT2D eigenvalue weighted by Crippen LogP contribution is -2.11. The van der Waals surface area contributed by atoms with Gasteiger partial charge >= 0.3 is 0 Å². The van der Waals surface area contributed by atoms with E-state index in [1.54, 1.807) is 0 Å². The number of fused-ring (bicyclic) bond motifs is 1. The van der Waals surface area contributed by atoms with Crippen molar-refractivity contribution in [3.05, 3.63) is 54.4 Å². The Morgan fingerprint density at radius 2 is 1.95 bits per heavy atom. The first-order chi connectivity index (χ1) is 10.3. The number of rotatable bonds is 5.